The number of benzene rings is 1. The van der Waals surface area contributed by atoms with E-state index in [-0.39, 0.29) is 18.0 Å². The summed E-state index contributed by atoms with van der Waals surface area (Å²) in [6, 6.07) is 5.07. The second-order valence-corrected chi connectivity index (χ2v) is 5.99. The minimum atomic E-state index is -0.201. The van der Waals surface area contributed by atoms with Crippen LogP contribution in [-0.2, 0) is 13.0 Å². The fraction of sp³-hybridized carbons (Fsp3) is 0.389. The van der Waals surface area contributed by atoms with Gasteiger partial charge in [-0.25, -0.2) is 4.98 Å². The molecule has 0 fully saturated rings. The third-order valence-electron chi connectivity index (χ3n) is 4.31. The highest BCUT2D eigenvalue weighted by Gasteiger charge is 2.25. The Morgan fingerprint density at radius 3 is 3.00 bits per heavy atom. The second-order valence-electron chi connectivity index (χ2n) is 5.99. The van der Waals surface area contributed by atoms with Crippen molar-refractivity contribution < 1.29 is 14.3 Å². The summed E-state index contributed by atoms with van der Waals surface area (Å²) >= 11 is 0. The van der Waals surface area contributed by atoms with Gasteiger partial charge >= 0.3 is 0 Å². The Morgan fingerprint density at radius 1 is 1.38 bits per heavy atom. The lowest BCUT2D eigenvalue weighted by Crippen LogP contribution is -2.39. The molecule has 2 aromatic rings. The predicted molar refractivity (Wildman–Crippen MR) is 95.5 cm³/mol. The number of nitrogens with zero attached hydrogens (tertiary/aromatic N) is 2. The van der Waals surface area contributed by atoms with Gasteiger partial charge in [0.25, 0.3) is 11.5 Å². The molecule has 8 heteroatoms. The summed E-state index contributed by atoms with van der Waals surface area (Å²) < 4.78 is 11.0. The number of carbonyl (C=O) groups is 1. The molecule has 1 aliphatic rings. The molecule has 0 unspecified atom stereocenters. The molecule has 0 atom stereocenters. The number of fused-ring (bicyclic) bond motifs is 1. The Kier molecular flexibility index (Phi) is 5.52. The standard InChI is InChI=1S/C18H22N4O4/c1-25-15-4-3-12(9-16(15)26-8-2-6-19)18(24)22-7-5-14-13(10-22)17(23)21-11-20-14/h3-4,9,11H,2,5-8,10,19H2,1H3,(H,20,21,23). The van der Waals surface area contributed by atoms with Crippen LogP contribution in [0.4, 0.5) is 0 Å². The minimum absolute atomic E-state index is 0.162. The number of ether oxygens (including phenoxy) is 2. The maximum Gasteiger partial charge on any atom is 0.255 e. The number of amides is 1. The van der Waals surface area contributed by atoms with Gasteiger partial charge in [-0.15, -0.1) is 0 Å². The molecule has 138 valence electrons. The summed E-state index contributed by atoms with van der Waals surface area (Å²) in [4.78, 5) is 33.2. The smallest absolute Gasteiger partial charge is 0.255 e. The Morgan fingerprint density at radius 2 is 2.23 bits per heavy atom. The number of rotatable bonds is 6. The van der Waals surface area contributed by atoms with Crippen molar-refractivity contribution in [2.24, 2.45) is 5.73 Å². The van der Waals surface area contributed by atoms with Gasteiger partial charge in [0.1, 0.15) is 0 Å². The highest BCUT2D eigenvalue weighted by atomic mass is 16.5. The molecule has 3 N–H and O–H groups in total. The molecule has 1 aromatic heterocycles. The lowest BCUT2D eigenvalue weighted by atomic mass is 10.1. The number of hydrogen-bond acceptors (Lipinski definition) is 6. The second kappa shape index (κ2) is 8.01. The van der Waals surface area contributed by atoms with Crippen molar-refractivity contribution in [3.05, 3.63) is 51.7 Å². The number of nitrogens with one attached hydrogen (secondary N) is 1. The number of hydrogen-bond donors (Lipinski definition) is 2. The van der Waals surface area contributed by atoms with E-state index in [0.29, 0.717) is 55.2 Å². The quantitative estimate of drug-likeness (QED) is 0.736. The maximum atomic E-state index is 12.9. The molecule has 0 saturated heterocycles. The molecular weight excluding hydrogens is 336 g/mol. The van der Waals surface area contributed by atoms with Crippen LogP contribution in [0.2, 0.25) is 0 Å². The first-order chi connectivity index (χ1) is 12.6. The van der Waals surface area contributed by atoms with Crippen LogP contribution in [0.3, 0.4) is 0 Å². The predicted octanol–water partition coefficient (Wildman–Crippen LogP) is 0.705. The van der Waals surface area contributed by atoms with Gasteiger partial charge < -0.3 is 25.1 Å². The molecule has 0 bridgehead atoms. The Bertz CT molecular complexity index is 849. The van der Waals surface area contributed by atoms with E-state index < -0.39 is 0 Å². The van der Waals surface area contributed by atoms with Crippen LogP contribution in [0, 0.1) is 0 Å². The Balaban J connectivity index is 1.80. The lowest BCUT2D eigenvalue weighted by molar-refractivity contribution is 0.0732. The van der Waals surface area contributed by atoms with Crippen LogP contribution in [0.25, 0.3) is 0 Å². The fourth-order valence-electron chi connectivity index (χ4n) is 2.90. The maximum absolute atomic E-state index is 12.9. The van der Waals surface area contributed by atoms with Crippen molar-refractivity contribution in [2.75, 3.05) is 26.8 Å². The van der Waals surface area contributed by atoms with E-state index in [2.05, 4.69) is 9.97 Å². The van der Waals surface area contributed by atoms with Gasteiger partial charge in [0, 0.05) is 18.5 Å². The summed E-state index contributed by atoms with van der Waals surface area (Å²) in [5.41, 5.74) is 7.06. The normalized spacial score (nSPS) is 13.2. The van der Waals surface area contributed by atoms with Gasteiger partial charge in [-0.1, -0.05) is 0 Å². The van der Waals surface area contributed by atoms with E-state index in [0.717, 1.165) is 5.69 Å². The van der Waals surface area contributed by atoms with Gasteiger partial charge in [-0.05, 0) is 31.2 Å². The topological polar surface area (TPSA) is 111 Å². The van der Waals surface area contributed by atoms with Crippen LogP contribution in [0.1, 0.15) is 28.0 Å². The summed E-state index contributed by atoms with van der Waals surface area (Å²) in [5, 5.41) is 0. The van der Waals surface area contributed by atoms with Crippen LogP contribution >= 0.6 is 0 Å². The third kappa shape index (κ3) is 3.70. The van der Waals surface area contributed by atoms with Crippen molar-refractivity contribution in [2.45, 2.75) is 19.4 Å². The summed E-state index contributed by atoms with van der Waals surface area (Å²) in [6.45, 7) is 1.73. The van der Waals surface area contributed by atoms with Crippen LogP contribution < -0.4 is 20.8 Å². The fourth-order valence-corrected chi connectivity index (χ4v) is 2.90. The highest BCUT2D eigenvalue weighted by Crippen LogP contribution is 2.29. The van der Waals surface area contributed by atoms with Crippen molar-refractivity contribution >= 4 is 5.91 Å². The Hall–Kier alpha value is -2.87. The highest BCUT2D eigenvalue weighted by molar-refractivity contribution is 5.95. The first-order valence-electron chi connectivity index (χ1n) is 8.49. The van der Waals surface area contributed by atoms with E-state index in [9.17, 15) is 9.59 Å². The molecule has 8 nitrogen and oxygen atoms in total. The number of carbonyl (C=O) groups excluding carboxylic acids is 1. The van der Waals surface area contributed by atoms with Gasteiger partial charge in [0.15, 0.2) is 11.5 Å². The molecule has 2 heterocycles. The summed E-state index contributed by atoms with van der Waals surface area (Å²) in [6.07, 6.45) is 2.66. The molecule has 0 aliphatic carbocycles. The zero-order valence-corrected chi connectivity index (χ0v) is 14.7. The molecule has 0 radical (unpaired) electrons. The number of H-pyrrole nitrogens is 1. The van der Waals surface area contributed by atoms with Gasteiger partial charge in [-0.2, -0.15) is 0 Å². The number of methoxy groups -OCH3 is 1. The van der Waals surface area contributed by atoms with Gasteiger partial charge in [0.05, 0.1) is 37.8 Å². The van der Waals surface area contributed by atoms with Crippen LogP contribution in [0.5, 0.6) is 11.5 Å². The molecule has 0 spiro atoms. The van der Waals surface area contributed by atoms with Crippen LogP contribution in [0.15, 0.2) is 29.3 Å². The largest absolute Gasteiger partial charge is 0.493 e. The Labute approximate surface area is 150 Å². The molecule has 1 aromatic carbocycles. The molecule has 1 amide bonds. The third-order valence-corrected chi connectivity index (χ3v) is 4.31. The van der Waals surface area contributed by atoms with Crippen molar-refractivity contribution in [3.63, 3.8) is 0 Å². The summed E-state index contributed by atoms with van der Waals surface area (Å²) in [7, 11) is 1.55. The molecule has 26 heavy (non-hydrogen) atoms. The number of aromatic amines is 1. The average molecular weight is 358 g/mol. The van der Waals surface area contributed by atoms with E-state index >= 15 is 0 Å². The van der Waals surface area contributed by atoms with E-state index in [4.69, 9.17) is 15.2 Å². The average Bonchev–Trinajstić information content (AvgIpc) is 2.67. The molecule has 3 rings (SSSR count). The van der Waals surface area contributed by atoms with E-state index in [1.54, 1.807) is 30.2 Å². The van der Waals surface area contributed by atoms with Gasteiger partial charge in [-0.3, -0.25) is 9.59 Å². The first kappa shape index (κ1) is 17.9. The van der Waals surface area contributed by atoms with Crippen molar-refractivity contribution in [1.82, 2.24) is 14.9 Å². The van der Waals surface area contributed by atoms with E-state index in [1.807, 2.05) is 0 Å². The van der Waals surface area contributed by atoms with Crippen LogP contribution in [-0.4, -0.2) is 47.6 Å². The lowest BCUT2D eigenvalue weighted by Gasteiger charge is -2.27. The van der Waals surface area contributed by atoms with Crippen molar-refractivity contribution in [3.8, 4) is 11.5 Å². The monoisotopic (exact) mass is 358 g/mol. The molecule has 1 aliphatic heterocycles. The SMILES string of the molecule is COc1ccc(C(=O)N2CCc3nc[nH]c(=O)c3C2)cc1OCCCN. The van der Waals surface area contributed by atoms with Gasteiger partial charge in [0.2, 0.25) is 0 Å². The molecular formula is C18H22N4O4. The number of aromatic nitrogens is 2. The number of nitrogens with two attached hydrogens (primary N) is 1. The van der Waals surface area contributed by atoms with E-state index in [1.165, 1.54) is 6.33 Å². The first-order valence-corrected chi connectivity index (χ1v) is 8.49. The zero-order chi connectivity index (χ0) is 18.5. The van der Waals surface area contributed by atoms with Crippen molar-refractivity contribution in [1.29, 1.82) is 0 Å². The zero-order valence-electron chi connectivity index (χ0n) is 14.7. The summed E-state index contributed by atoms with van der Waals surface area (Å²) in [5.74, 6) is 0.900. The minimum Gasteiger partial charge on any atom is -0.493 e. The molecule has 0 saturated carbocycles.